The van der Waals surface area contributed by atoms with E-state index in [9.17, 15) is 4.79 Å². The number of hydrogen-bond donors (Lipinski definition) is 1. The number of carbonyl (C=O) groups is 1. The molecule has 1 aliphatic heterocycles. The van der Waals surface area contributed by atoms with Crippen LogP contribution in [0, 0.1) is 5.92 Å². The highest BCUT2D eigenvalue weighted by Crippen LogP contribution is 2.24. The Morgan fingerprint density at radius 2 is 2.00 bits per heavy atom. The SMILES string of the molecule is CCO[C@@](C)(CC(C)C)C(=O)Nc1ccc(OCCCN2CCCC[C@H]2C)cc1. The van der Waals surface area contributed by atoms with E-state index in [1.165, 1.54) is 25.8 Å². The molecule has 0 saturated carbocycles. The number of likely N-dealkylation sites (tertiary alicyclic amines) is 1. The summed E-state index contributed by atoms with van der Waals surface area (Å²) < 4.78 is 11.7. The van der Waals surface area contributed by atoms with Crippen molar-refractivity contribution >= 4 is 11.6 Å². The summed E-state index contributed by atoms with van der Waals surface area (Å²) in [5.74, 6) is 1.11. The monoisotopic (exact) mass is 404 g/mol. The van der Waals surface area contributed by atoms with Gasteiger partial charge in [-0.2, -0.15) is 0 Å². The highest BCUT2D eigenvalue weighted by Gasteiger charge is 2.34. The molecule has 0 radical (unpaired) electrons. The molecule has 5 heteroatoms. The van der Waals surface area contributed by atoms with Crippen LogP contribution in [0.4, 0.5) is 5.69 Å². The van der Waals surface area contributed by atoms with Gasteiger partial charge in [0, 0.05) is 24.9 Å². The Kier molecular flexibility index (Phi) is 9.44. The molecule has 1 fully saturated rings. The van der Waals surface area contributed by atoms with Gasteiger partial charge in [0.2, 0.25) is 0 Å². The van der Waals surface area contributed by atoms with Gasteiger partial charge in [-0.05, 0) is 83.2 Å². The lowest BCUT2D eigenvalue weighted by molar-refractivity contribution is -0.140. The molecule has 1 amide bonds. The smallest absolute Gasteiger partial charge is 0.256 e. The van der Waals surface area contributed by atoms with Gasteiger partial charge in [-0.1, -0.05) is 20.3 Å². The Morgan fingerprint density at radius 3 is 2.62 bits per heavy atom. The fourth-order valence-electron chi connectivity index (χ4n) is 4.16. The van der Waals surface area contributed by atoms with Crippen LogP contribution in [0.5, 0.6) is 5.75 Å². The highest BCUT2D eigenvalue weighted by atomic mass is 16.5. The Labute approximate surface area is 177 Å². The summed E-state index contributed by atoms with van der Waals surface area (Å²) in [6.07, 6.45) is 5.71. The number of benzene rings is 1. The van der Waals surface area contributed by atoms with Crippen molar-refractivity contribution in [2.75, 3.05) is 31.6 Å². The highest BCUT2D eigenvalue weighted by molar-refractivity contribution is 5.97. The molecule has 1 aliphatic rings. The van der Waals surface area contributed by atoms with Gasteiger partial charge in [-0.25, -0.2) is 0 Å². The van der Waals surface area contributed by atoms with E-state index in [1.54, 1.807) is 0 Å². The third kappa shape index (κ3) is 7.63. The van der Waals surface area contributed by atoms with E-state index in [4.69, 9.17) is 9.47 Å². The number of rotatable bonds is 11. The van der Waals surface area contributed by atoms with E-state index in [0.29, 0.717) is 31.6 Å². The minimum Gasteiger partial charge on any atom is -0.494 e. The zero-order chi connectivity index (χ0) is 21.3. The second kappa shape index (κ2) is 11.6. The standard InChI is InChI=1S/C24H40N2O3/c1-6-29-24(5,18-19(2)3)23(27)25-21-11-13-22(14-12-21)28-17-9-16-26-15-8-7-10-20(26)4/h11-14,19-20H,6-10,15-18H2,1-5H3,(H,25,27)/t20-,24+/m1/s1. The molecule has 29 heavy (non-hydrogen) atoms. The van der Waals surface area contributed by atoms with Gasteiger partial charge in [0.15, 0.2) is 0 Å². The number of ether oxygens (including phenoxy) is 2. The normalized spacial score (nSPS) is 19.7. The molecule has 1 aromatic carbocycles. The van der Waals surface area contributed by atoms with Crippen LogP contribution >= 0.6 is 0 Å². The number of amides is 1. The average Bonchev–Trinajstić information content (AvgIpc) is 2.67. The number of piperidine rings is 1. The number of carbonyl (C=O) groups excluding carboxylic acids is 1. The fraction of sp³-hybridized carbons (Fsp3) is 0.708. The molecule has 164 valence electrons. The molecule has 2 atom stereocenters. The fourth-order valence-corrected chi connectivity index (χ4v) is 4.16. The van der Waals surface area contributed by atoms with Crippen molar-refractivity contribution in [3.63, 3.8) is 0 Å². The molecule has 0 bridgehead atoms. The van der Waals surface area contributed by atoms with E-state index in [1.807, 2.05) is 38.1 Å². The van der Waals surface area contributed by atoms with Crippen LogP contribution in [-0.4, -0.2) is 48.8 Å². The molecule has 0 unspecified atom stereocenters. The van der Waals surface area contributed by atoms with E-state index in [-0.39, 0.29) is 5.91 Å². The Morgan fingerprint density at radius 1 is 1.28 bits per heavy atom. The summed E-state index contributed by atoms with van der Waals surface area (Å²) in [5.41, 5.74) is -0.0527. The van der Waals surface area contributed by atoms with Crippen molar-refractivity contribution in [3.8, 4) is 5.75 Å². The quantitative estimate of drug-likeness (QED) is 0.521. The zero-order valence-corrected chi connectivity index (χ0v) is 19.0. The van der Waals surface area contributed by atoms with Crippen molar-refractivity contribution in [2.24, 2.45) is 5.92 Å². The summed E-state index contributed by atoms with van der Waals surface area (Å²) in [6.45, 7) is 13.9. The van der Waals surface area contributed by atoms with Gasteiger partial charge < -0.3 is 19.7 Å². The molecule has 0 aromatic heterocycles. The largest absolute Gasteiger partial charge is 0.494 e. The minimum atomic E-state index is -0.816. The molecule has 1 aromatic rings. The summed E-state index contributed by atoms with van der Waals surface area (Å²) in [6, 6.07) is 8.31. The minimum absolute atomic E-state index is 0.0997. The molecule has 1 N–H and O–H groups in total. The maximum atomic E-state index is 12.8. The predicted octanol–water partition coefficient (Wildman–Crippen LogP) is 5.11. The van der Waals surface area contributed by atoms with E-state index in [0.717, 1.165) is 24.4 Å². The van der Waals surface area contributed by atoms with Gasteiger partial charge >= 0.3 is 0 Å². The molecular weight excluding hydrogens is 364 g/mol. The van der Waals surface area contributed by atoms with Crippen molar-refractivity contribution in [2.45, 2.75) is 78.4 Å². The van der Waals surface area contributed by atoms with E-state index < -0.39 is 5.60 Å². The van der Waals surface area contributed by atoms with E-state index >= 15 is 0 Å². The van der Waals surface area contributed by atoms with Crippen LogP contribution < -0.4 is 10.1 Å². The van der Waals surface area contributed by atoms with E-state index in [2.05, 4.69) is 31.0 Å². The topological polar surface area (TPSA) is 50.8 Å². The predicted molar refractivity (Wildman–Crippen MR) is 120 cm³/mol. The maximum absolute atomic E-state index is 12.8. The molecule has 5 nitrogen and oxygen atoms in total. The second-order valence-electron chi connectivity index (χ2n) is 8.82. The summed E-state index contributed by atoms with van der Waals surface area (Å²) >= 11 is 0. The molecule has 0 aliphatic carbocycles. The summed E-state index contributed by atoms with van der Waals surface area (Å²) in [5, 5.41) is 2.99. The molecule has 2 rings (SSSR count). The van der Waals surface area contributed by atoms with Gasteiger partial charge in [0.25, 0.3) is 5.91 Å². The number of nitrogens with one attached hydrogen (secondary N) is 1. The van der Waals surface area contributed by atoms with Crippen molar-refractivity contribution < 1.29 is 14.3 Å². The lowest BCUT2D eigenvalue weighted by Crippen LogP contribution is -2.43. The van der Waals surface area contributed by atoms with Crippen LogP contribution in [-0.2, 0) is 9.53 Å². The molecule has 0 spiro atoms. The molecule has 1 saturated heterocycles. The maximum Gasteiger partial charge on any atom is 0.256 e. The number of hydrogen-bond acceptors (Lipinski definition) is 4. The summed E-state index contributed by atoms with van der Waals surface area (Å²) in [4.78, 5) is 15.3. The van der Waals surface area contributed by atoms with Gasteiger partial charge in [-0.3, -0.25) is 4.79 Å². The third-order valence-corrected chi connectivity index (χ3v) is 5.65. The lowest BCUT2D eigenvalue weighted by Gasteiger charge is -2.33. The Bertz CT molecular complexity index is 617. The third-order valence-electron chi connectivity index (χ3n) is 5.65. The van der Waals surface area contributed by atoms with Crippen LogP contribution in [0.15, 0.2) is 24.3 Å². The summed E-state index contributed by atoms with van der Waals surface area (Å²) in [7, 11) is 0. The Balaban J connectivity index is 1.79. The van der Waals surface area contributed by atoms with Gasteiger partial charge in [0.05, 0.1) is 6.61 Å². The first-order chi connectivity index (χ1) is 13.8. The first-order valence-corrected chi connectivity index (χ1v) is 11.3. The van der Waals surface area contributed by atoms with Crippen LogP contribution in [0.3, 0.4) is 0 Å². The van der Waals surface area contributed by atoms with Crippen LogP contribution in [0.1, 0.15) is 66.7 Å². The average molecular weight is 405 g/mol. The van der Waals surface area contributed by atoms with Crippen LogP contribution in [0.25, 0.3) is 0 Å². The van der Waals surface area contributed by atoms with Crippen molar-refractivity contribution in [3.05, 3.63) is 24.3 Å². The van der Waals surface area contributed by atoms with Crippen molar-refractivity contribution in [1.29, 1.82) is 0 Å². The number of nitrogens with zero attached hydrogens (tertiary/aromatic N) is 1. The second-order valence-corrected chi connectivity index (χ2v) is 8.82. The van der Waals surface area contributed by atoms with Gasteiger partial charge in [0.1, 0.15) is 11.4 Å². The molecule has 1 heterocycles. The van der Waals surface area contributed by atoms with Gasteiger partial charge in [-0.15, -0.1) is 0 Å². The number of anilines is 1. The first kappa shape index (κ1) is 23.7. The molecular formula is C24H40N2O3. The lowest BCUT2D eigenvalue weighted by atomic mass is 9.93. The Hall–Kier alpha value is -1.59. The first-order valence-electron chi connectivity index (χ1n) is 11.3. The zero-order valence-electron chi connectivity index (χ0n) is 19.0. The van der Waals surface area contributed by atoms with Crippen molar-refractivity contribution in [1.82, 2.24) is 4.90 Å². The van der Waals surface area contributed by atoms with Crippen LogP contribution in [0.2, 0.25) is 0 Å².